The molecule has 5 unspecified atom stereocenters. The molecule has 0 aromatic heterocycles. The Morgan fingerprint density at radius 2 is 1.45 bits per heavy atom. The lowest BCUT2D eigenvalue weighted by molar-refractivity contribution is 0.190. The van der Waals surface area contributed by atoms with Gasteiger partial charge < -0.3 is 22.5 Å². The van der Waals surface area contributed by atoms with Crippen molar-refractivity contribution in [2.24, 2.45) is 40.9 Å². The zero-order chi connectivity index (χ0) is 14.4. The monoisotopic (exact) mass is 282 g/mol. The van der Waals surface area contributed by atoms with Crippen LogP contribution in [-0.4, -0.2) is 32.2 Å². The summed E-state index contributed by atoms with van der Waals surface area (Å²) in [6, 6.07) is 0.584. The zero-order valence-corrected chi connectivity index (χ0v) is 12.9. The van der Waals surface area contributed by atoms with Crippen LogP contribution in [0.1, 0.15) is 44.9 Å². The summed E-state index contributed by atoms with van der Waals surface area (Å²) in [5.41, 5.74) is 17.6. The standard InChI is InChI=1S/C16H34N4/c17-8-12-2-1-3-14(6-12)11-20-16-7-13(9-18)4-5-15(16)10-19/h12-16,20H,1-11,17-19H2. The van der Waals surface area contributed by atoms with E-state index in [0.29, 0.717) is 17.9 Å². The third-order valence-corrected chi connectivity index (χ3v) is 5.63. The molecule has 0 radical (unpaired) electrons. The highest BCUT2D eigenvalue weighted by Crippen LogP contribution is 2.30. The first-order valence-electron chi connectivity index (χ1n) is 8.60. The molecule has 0 saturated heterocycles. The van der Waals surface area contributed by atoms with E-state index in [0.717, 1.165) is 38.0 Å². The van der Waals surface area contributed by atoms with Crippen LogP contribution in [0, 0.1) is 23.7 Å². The number of nitrogens with two attached hydrogens (primary N) is 3. The van der Waals surface area contributed by atoms with Gasteiger partial charge in [-0.2, -0.15) is 0 Å². The SMILES string of the molecule is NCC1CCCC(CNC2CC(CN)CCC2CN)C1. The van der Waals surface area contributed by atoms with Crippen molar-refractivity contribution in [3.05, 3.63) is 0 Å². The quantitative estimate of drug-likeness (QED) is 0.586. The second-order valence-electron chi connectivity index (χ2n) is 7.06. The average Bonchev–Trinajstić information content (AvgIpc) is 2.52. The Morgan fingerprint density at radius 3 is 2.15 bits per heavy atom. The van der Waals surface area contributed by atoms with Gasteiger partial charge in [0.05, 0.1) is 0 Å². The fraction of sp³-hybridized carbons (Fsp3) is 1.00. The van der Waals surface area contributed by atoms with E-state index in [1.807, 2.05) is 0 Å². The molecule has 118 valence electrons. The molecular weight excluding hydrogens is 248 g/mol. The number of nitrogens with one attached hydrogen (secondary N) is 1. The third-order valence-electron chi connectivity index (χ3n) is 5.63. The van der Waals surface area contributed by atoms with Crippen molar-refractivity contribution in [2.45, 2.75) is 51.0 Å². The topological polar surface area (TPSA) is 90.1 Å². The smallest absolute Gasteiger partial charge is 0.0111 e. The Labute approximate surface area is 124 Å². The normalized spacial score (nSPS) is 38.9. The number of rotatable bonds is 6. The van der Waals surface area contributed by atoms with E-state index in [9.17, 15) is 0 Å². The fourth-order valence-electron chi connectivity index (χ4n) is 4.19. The fourth-order valence-corrected chi connectivity index (χ4v) is 4.19. The Morgan fingerprint density at radius 1 is 0.750 bits per heavy atom. The van der Waals surface area contributed by atoms with E-state index < -0.39 is 0 Å². The highest BCUT2D eigenvalue weighted by molar-refractivity contribution is 4.87. The summed E-state index contributed by atoms with van der Waals surface area (Å²) in [6.07, 6.45) is 9.07. The van der Waals surface area contributed by atoms with Gasteiger partial charge in [-0.05, 0) is 88.4 Å². The van der Waals surface area contributed by atoms with Crippen LogP contribution in [0.3, 0.4) is 0 Å². The van der Waals surface area contributed by atoms with Crippen molar-refractivity contribution in [1.29, 1.82) is 0 Å². The van der Waals surface area contributed by atoms with Crippen molar-refractivity contribution in [3.63, 3.8) is 0 Å². The van der Waals surface area contributed by atoms with Gasteiger partial charge >= 0.3 is 0 Å². The number of hydrogen-bond acceptors (Lipinski definition) is 4. The molecule has 0 aromatic carbocycles. The maximum absolute atomic E-state index is 5.95. The highest BCUT2D eigenvalue weighted by Gasteiger charge is 2.30. The van der Waals surface area contributed by atoms with Gasteiger partial charge in [0.15, 0.2) is 0 Å². The molecule has 0 heterocycles. The lowest BCUT2D eigenvalue weighted by Gasteiger charge is -2.37. The molecule has 7 N–H and O–H groups in total. The van der Waals surface area contributed by atoms with E-state index in [4.69, 9.17) is 17.2 Å². The predicted octanol–water partition coefficient (Wildman–Crippen LogP) is 1.04. The van der Waals surface area contributed by atoms with E-state index in [1.54, 1.807) is 0 Å². The lowest BCUT2D eigenvalue weighted by atomic mass is 9.77. The summed E-state index contributed by atoms with van der Waals surface area (Å²) in [7, 11) is 0. The number of hydrogen-bond donors (Lipinski definition) is 4. The van der Waals surface area contributed by atoms with Crippen LogP contribution in [0.15, 0.2) is 0 Å². The van der Waals surface area contributed by atoms with Crippen LogP contribution in [0.2, 0.25) is 0 Å². The van der Waals surface area contributed by atoms with Crippen LogP contribution in [0.4, 0.5) is 0 Å². The largest absolute Gasteiger partial charge is 0.330 e. The van der Waals surface area contributed by atoms with Crippen molar-refractivity contribution < 1.29 is 0 Å². The van der Waals surface area contributed by atoms with Crippen LogP contribution in [0.25, 0.3) is 0 Å². The van der Waals surface area contributed by atoms with Gasteiger partial charge in [0.25, 0.3) is 0 Å². The van der Waals surface area contributed by atoms with Gasteiger partial charge in [0.2, 0.25) is 0 Å². The van der Waals surface area contributed by atoms with Gasteiger partial charge in [-0.3, -0.25) is 0 Å². The van der Waals surface area contributed by atoms with Crippen LogP contribution >= 0.6 is 0 Å². The highest BCUT2D eigenvalue weighted by atomic mass is 14.9. The van der Waals surface area contributed by atoms with Gasteiger partial charge in [-0.1, -0.05) is 6.42 Å². The summed E-state index contributed by atoms with van der Waals surface area (Å²) < 4.78 is 0. The van der Waals surface area contributed by atoms with Gasteiger partial charge in [-0.25, -0.2) is 0 Å². The van der Waals surface area contributed by atoms with E-state index >= 15 is 0 Å². The molecule has 0 aromatic rings. The van der Waals surface area contributed by atoms with Crippen LogP contribution < -0.4 is 22.5 Å². The van der Waals surface area contributed by atoms with Crippen molar-refractivity contribution in [1.82, 2.24) is 5.32 Å². The lowest BCUT2D eigenvalue weighted by Crippen LogP contribution is -2.47. The first kappa shape index (κ1) is 16.2. The molecule has 2 aliphatic rings. The average molecular weight is 282 g/mol. The Bertz CT molecular complexity index is 271. The van der Waals surface area contributed by atoms with Crippen molar-refractivity contribution in [2.75, 3.05) is 26.2 Å². The maximum atomic E-state index is 5.95. The molecule has 2 fully saturated rings. The van der Waals surface area contributed by atoms with E-state index in [-0.39, 0.29) is 0 Å². The minimum atomic E-state index is 0.584. The Kier molecular flexibility index (Phi) is 6.75. The first-order chi connectivity index (χ1) is 9.76. The first-order valence-corrected chi connectivity index (χ1v) is 8.60. The van der Waals surface area contributed by atoms with E-state index in [2.05, 4.69) is 5.32 Å². The molecule has 5 atom stereocenters. The maximum Gasteiger partial charge on any atom is 0.0111 e. The molecule has 20 heavy (non-hydrogen) atoms. The van der Waals surface area contributed by atoms with Crippen LogP contribution in [-0.2, 0) is 0 Å². The van der Waals surface area contributed by atoms with E-state index in [1.165, 1.54) is 44.9 Å². The molecule has 2 aliphatic carbocycles. The molecule has 2 saturated carbocycles. The minimum Gasteiger partial charge on any atom is -0.330 e. The summed E-state index contributed by atoms with van der Waals surface area (Å²) >= 11 is 0. The molecule has 0 amide bonds. The molecule has 4 nitrogen and oxygen atoms in total. The van der Waals surface area contributed by atoms with Gasteiger partial charge in [-0.15, -0.1) is 0 Å². The van der Waals surface area contributed by atoms with Crippen molar-refractivity contribution >= 4 is 0 Å². The zero-order valence-electron chi connectivity index (χ0n) is 12.9. The Balaban J connectivity index is 1.78. The van der Waals surface area contributed by atoms with Crippen LogP contribution in [0.5, 0.6) is 0 Å². The van der Waals surface area contributed by atoms with Crippen molar-refractivity contribution in [3.8, 4) is 0 Å². The molecular formula is C16H34N4. The summed E-state index contributed by atoms with van der Waals surface area (Å²) in [4.78, 5) is 0. The molecule has 4 heteroatoms. The molecule has 0 spiro atoms. The predicted molar refractivity (Wildman–Crippen MR) is 85.2 cm³/mol. The molecule has 0 bridgehead atoms. The second kappa shape index (κ2) is 8.32. The summed E-state index contributed by atoms with van der Waals surface area (Å²) in [5, 5.41) is 3.82. The van der Waals surface area contributed by atoms with Gasteiger partial charge in [0, 0.05) is 6.04 Å². The molecule has 0 aliphatic heterocycles. The second-order valence-corrected chi connectivity index (χ2v) is 7.06. The summed E-state index contributed by atoms with van der Waals surface area (Å²) in [6.45, 7) is 3.65. The summed E-state index contributed by atoms with van der Waals surface area (Å²) in [5.74, 6) is 2.91. The molecule has 2 rings (SSSR count). The van der Waals surface area contributed by atoms with Gasteiger partial charge in [0.1, 0.15) is 0 Å². The third kappa shape index (κ3) is 4.42. The Hall–Kier alpha value is -0.160. The minimum absolute atomic E-state index is 0.584.